The molecule has 0 N–H and O–H groups in total. The summed E-state index contributed by atoms with van der Waals surface area (Å²) in [5.41, 5.74) is 2.56. The van der Waals surface area contributed by atoms with Crippen LogP contribution in [0.25, 0.3) is 5.65 Å². The number of piperidine rings is 1. The molecule has 1 aliphatic rings. The van der Waals surface area contributed by atoms with Crippen LogP contribution in [0, 0.1) is 11.8 Å². The van der Waals surface area contributed by atoms with Crippen molar-refractivity contribution in [3.63, 3.8) is 0 Å². The van der Waals surface area contributed by atoms with Crippen LogP contribution in [0.1, 0.15) is 34.5 Å². The van der Waals surface area contributed by atoms with E-state index in [2.05, 4.69) is 21.9 Å². The standard InChI is InChI=1S/C20H16N4O2/c25-17-8-10-23(11-9-17)20(26)18-12-19-21-13-16(14-24(19)22-18)7-6-15-4-2-1-3-5-15/h1-5,12-14H,8-11H2. The normalized spacial score (nSPS) is 14.2. The SMILES string of the molecule is O=C1CCN(C(=O)c2cc3ncc(C#Cc4ccccc4)cn3n2)CC1. The average Bonchev–Trinajstić information content (AvgIpc) is 3.10. The Kier molecular flexibility index (Phi) is 4.20. The number of ketones is 1. The number of carbonyl (C=O) groups is 2. The molecule has 1 aromatic carbocycles. The van der Waals surface area contributed by atoms with Crippen molar-refractivity contribution in [2.24, 2.45) is 0 Å². The van der Waals surface area contributed by atoms with Crippen molar-refractivity contribution in [3.8, 4) is 11.8 Å². The second-order valence-electron chi connectivity index (χ2n) is 6.12. The van der Waals surface area contributed by atoms with Gasteiger partial charge in [-0.2, -0.15) is 5.10 Å². The number of benzene rings is 1. The van der Waals surface area contributed by atoms with E-state index in [1.165, 1.54) is 0 Å². The van der Waals surface area contributed by atoms with E-state index in [0.717, 1.165) is 5.56 Å². The van der Waals surface area contributed by atoms with Gasteiger partial charge in [-0.1, -0.05) is 30.0 Å². The van der Waals surface area contributed by atoms with E-state index in [-0.39, 0.29) is 11.7 Å². The molecule has 2 aromatic heterocycles. The maximum absolute atomic E-state index is 12.6. The molecule has 1 fully saturated rings. The van der Waals surface area contributed by atoms with Gasteiger partial charge in [0.05, 0.1) is 5.56 Å². The van der Waals surface area contributed by atoms with Gasteiger partial charge in [0.25, 0.3) is 5.91 Å². The second-order valence-corrected chi connectivity index (χ2v) is 6.12. The zero-order chi connectivity index (χ0) is 17.9. The topological polar surface area (TPSA) is 67.6 Å². The number of fused-ring (bicyclic) bond motifs is 1. The predicted octanol–water partition coefficient (Wildman–Crippen LogP) is 1.93. The van der Waals surface area contributed by atoms with E-state index in [9.17, 15) is 9.59 Å². The van der Waals surface area contributed by atoms with Crippen molar-refractivity contribution in [3.05, 3.63) is 65.6 Å². The van der Waals surface area contributed by atoms with E-state index in [1.807, 2.05) is 30.3 Å². The van der Waals surface area contributed by atoms with Gasteiger partial charge in [0.2, 0.25) is 0 Å². The smallest absolute Gasteiger partial charge is 0.274 e. The molecule has 26 heavy (non-hydrogen) atoms. The summed E-state index contributed by atoms with van der Waals surface area (Å²) in [5, 5.41) is 4.33. The third-order valence-corrected chi connectivity index (χ3v) is 4.27. The fraction of sp³-hybridized carbons (Fsp3) is 0.200. The Morgan fingerprint density at radius 1 is 1.04 bits per heavy atom. The largest absolute Gasteiger partial charge is 0.336 e. The first-order valence-electron chi connectivity index (χ1n) is 8.42. The van der Waals surface area contributed by atoms with E-state index in [1.54, 1.807) is 27.9 Å². The molecule has 4 rings (SSSR count). The van der Waals surface area contributed by atoms with Gasteiger partial charge in [0.15, 0.2) is 11.3 Å². The van der Waals surface area contributed by atoms with Crippen molar-refractivity contribution in [1.82, 2.24) is 19.5 Å². The van der Waals surface area contributed by atoms with Gasteiger partial charge in [0.1, 0.15) is 5.78 Å². The summed E-state index contributed by atoms with van der Waals surface area (Å²) in [6.07, 6.45) is 4.25. The lowest BCUT2D eigenvalue weighted by molar-refractivity contribution is -0.120. The van der Waals surface area contributed by atoms with Crippen LogP contribution in [-0.4, -0.2) is 44.3 Å². The quantitative estimate of drug-likeness (QED) is 0.633. The molecule has 0 saturated carbocycles. The molecule has 1 saturated heterocycles. The number of rotatable bonds is 1. The molecule has 6 nitrogen and oxygen atoms in total. The van der Waals surface area contributed by atoms with Crippen LogP contribution in [0.2, 0.25) is 0 Å². The Labute approximate surface area is 150 Å². The lowest BCUT2D eigenvalue weighted by Gasteiger charge is -2.24. The van der Waals surface area contributed by atoms with Crippen LogP contribution in [0.3, 0.4) is 0 Å². The van der Waals surface area contributed by atoms with Crippen LogP contribution in [-0.2, 0) is 4.79 Å². The van der Waals surface area contributed by atoms with Gasteiger partial charge in [0, 0.05) is 50.0 Å². The number of hydrogen-bond acceptors (Lipinski definition) is 4. The molecule has 0 radical (unpaired) electrons. The average molecular weight is 344 g/mol. The molecule has 1 aliphatic heterocycles. The lowest BCUT2D eigenvalue weighted by Crippen LogP contribution is -2.38. The Bertz CT molecular complexity index is 1030. The molecular formula is C20H16N4O2. The van der Waals surface area contributed by atoms with Crippen LogP contribution in [0.15, 0.2) is 48.8 Å². The third kappa shape index (κ3) is 3.33. The van der Waals surface area contributed by atoms with Crippen LogP contribution in [0.5, 0.6) is 0 Å². The molecular weight excluding hydrogens is 328 g/mol. The summed E-state index contributed by atoms with van der Waals surface area (Å²) in [7, 11) is 0. The predicted molar refractivity (Wildman–Crippen MR) is 95.6 cm³/mol. The first-order valence-corrected chi connectivity index (χ1v) is 8.42. The van der Waals surface area contributed by atoms with Crippen molar-refractivity contribution < 1.29 is 9.59 Å². The molecule has 3 heterocycles. The van der Waals surface area contributed by atoms with Gasteiger partial charge in [-0.05, 0) is 12.1 Å². The summed E-state index contributed by atoms with van der Waals surface area (Å²) in [6.45, 7) is 0.902. The van der Waals surface area contributed by atoms with Gasteiger partial charge >= 0.3 is 0 Å². The Hall–Kier alpha value is -3.46. The molecule has 0 aliphatic carbocycles. The van der Waals surface area contributed by atoms with Crippen molar-refractivity contribution in [2.45, 2.75) is 12.8 Å². The summed E-state index contributed by atoms with van der Waals surface area (Å²) >= 11 is 0. The number of likely N-dealkylation sites (tertiary alicyclic amines) is 1. The minimum atomic E-state index is -0.167. The number of aromatic nitrogens is 3. The minimum Gasteiger partial charge on any atom is -0.336 e. The zero-order valence-electron chi connectivity index (χ0n) is 14.1. The first kappa shape index (κ1) is 16.0. The van der Waals surface area contributed by atoms with E-state index in [0.29, 0.717) is 42.8 Å². The third-order valence-electron chi connectivity index (χ3n) is 4.27. The van der Waals surface area contributed by atoms with Gasteiger partial charge in [-0.25, -0.2) is 9.50 Å². The highest BCUT2D eigenvalue weighted by Gasteiger charge is 2.23. The Morgan fingerprint density at radius 2 is 1.77 bits per heavy atom. The summed E-state index contributed by atoms with van der Waals surface area (Å²) < 4.78 is 1.57. The molecule has 0 unspecified atom stereocenters. The number of Topliss-reactive ketones (excluding diaryl/α,β-unsaturated/α-hetero) is 1. The van der Waals surface area contributed by atoms with Gasteiger partial charge in [-0.3, -0.25) is 9.59 Å². The number of nitrogens with zero attached hydrogens (tertiary/aromatic N) is 4. The highest BCUT2D eigenvalue weighted by Crippen LogP contribution is 2.12. The fourth-order valence-corrected chi connectivity index (χ4v) is 2.83. The molecule has 128 valence electrons. The molecule has 0 bridgehead atoms. The maximum atomic E-state index is 12.6. The highest BCUT2D eigenvalue weighted by atomic mass is 16.2. The summed E-state index contributed by atoms with van der Waals surface area (Å²) in [6, 6.07) is 11.3. The molecule has 0 spiro atoms. The molecule has 1 amide bonds. The van der Waals surface area contributed by atoms with E-state index < -0.39 is 0 Å². The molecule has 0 atom stereocenters. The summed E-state index contributed by atoms with van der Waals surface area (Å²) in [5.74, 6) is 6.16. The van der Waals surface area contributed by atoms with E-state index >= 15 is 0 Å². The molecule has 3 aromatic rings. The van der Waals surface area contributed by atoms with Gasteiger partial charge in [-0.15, -0.1) is 0 Å². The summed E-state index contributed by atoms with van der Waals surface area (Å²) in [4.78, 5) is 29.9. The fourth-order valence-electron chi connectivity index (χ4n) is 2.83. The van der Waals surface area contributed by atoms with Crippen LogP contribution in [0.4, 0.5) is 0 Å². The van der Waals surface area contributed by atoms with Crippen molar-refractivity contribution in [1.29, 1.82) is 0 Å². The lowest BCUT2D eigenvalue weighted by atomic mass is 10.1. The highest BCUT2D eigenvalue weighted by molar-refractivity contribution is 5.94. The van der Waals surface area contributed by atoms with Crippen LogP contribution >= 0.6 is 0 Å². The zero-order valence-corrected chi connectivity index (χ0v) is 14.1. The Balaban J connectivity index is 1.57. The second kappa shape index (κ2) is 6.81. The van der Waals surface area contributed by atoms with E-state index in [4.69, 9.17) is 0 Å². The van der Waals surface area contributed by atoms with Crippen molar-refractivity contribution in [2.75, 3.05) is 13.1 Å². The van der Waals surface area contributed by atoms with Gasteiger partial charge < -0.3 is 4.90 Å². The monoisotopic (exact) mass is 344 g/mol. The first-order chi connectivity index (χ1) is 12.7. The Morgan fingerprint density at radius 3 is 2.54 bits per heavy atom. The maximum Gasteiger partial charge on any atom is 0.274 e. The number of carbonyl (C=O) groups excluding carboxylic acids is 2. The number of hydrogen-bond donors (Lipinski definition) is 0. The number of amides is 1. The molecule has 6 heteroatoms. The minimum absolute atomic E-state index is 0.167. The van der Waals surface area contributed by atoms with Crippen molar-refractivity contribution >= 4 is 17.3 Å². The van der Waals surface area contributed by atoms with Crippen LogP contribution < -0.4 is 0 Å².